The molecule has 1 amide bonds. The van der Waals surface area contributed by atoms with Crippen LogP contribution in [0.1, 0.15) is 18.9 Å². The highest BCUT2D eigenvalue weighted by atomic mass is 16.2. The summed E-state index contributed by atoms with van der Waals surface area (Å²) in [4.78, 5) is 14.6. The summed E-state index contributed by atoms with van der Waals surface area (Å²) >= 11 is 0. The summed E-state index contributed by atoms with van der Waals surface area (Å²) in [5.41, 5.74) is 2.25. The highest BCUT2D eigenvalue weighted by molar-refractivity contribution is 6.01. The maximum Gasteiger partial charge on any atom is 0.234 e. The molecular weight excluding hydrogens is 212 g/mol. The van der Waals surface area contributed by atoms with Gasteiger partial charge in [-0.3, -0.25) is 4.79 Å². The molecule has 3 heteroatoms. The Balaban J connectivity index is 2.08. The van der Waals surface area contributed by atoms with Crippen LogP contribution in [0.15, 0.2) is 24.3 Å². The van der Waals surface area contributed by atoms with Crippen molar-refractivity contribution in [1.82, 2.24) is 5.32 Å². The van der Waals surface area contributed by atoms with Gasteiger partial charge in [0.1, 0.15) is 0 Å². The molecule has 1 unspecified atom stereocenters. The van der Waals surface area contributed by atoms with Crippen LogP contribution in [0.5, 0.6) is 0 Å². The number of carbonyl (C=O) groups is 1. The van der Waals surface area contributed by atoms with Gasteiger partial charge >= 0.3 is 0 Å². The maximum absolute atomic E-state index is 12.6. The van der Waals surface area contributed by atoms with E-state index in [1.54, 1.807) is 0 Å². The first-order chi connectivity index (χ1) is 8.27. The van der Waals surface area contributed by atoms with Crippen molar-refractivity contribution in [2.45, 2.75) is 19.8 Å². The molecule has 2 aliphatic rings. The van der Waals surface area contributed by atoms with Gasteiger partial charge < -0.3 is 10.2 Å². The van der Waals surface area contributed by atoms with Gasteiger partial charge in [0, 0.05) is 18.8 Å². The van der Waals surface area contributed by atoms with E-state index in [0.717, 1.165) is 38.2 Å². The fraction of sp³-hybridized carbons (Fsp3) is 0.500. The van der Waals surface area contributed by atoms with E-state index in [4.69, 9.17) is 0 Å². The van der Waals surface area contributed by atoms with Gasteiger partial charge in [0.2, 0.25) is 5.91 Å². The molecule has 0 bridgehead atoms. The molecule has 0 aliphatic carbocycles. The van der Waals surface area contributed by atoms with Crippen molar-refractivity contribution in [2.24, 2.45) is 5.41 Å². The lowest BCUT2D eigenvalue weighted by Crippen LogP contribution is -2.50. The second kappa shape index (κ2) is 3.84. The van der Waals surface area contributed by atoms with E-state index in [1.807, 2.05) is 11.0 Å². The summed E-state index contributed by atoms with van der Waals surface area (Å²) in [6.07, 6.45) is 1.86. The molecule has 0 saturated carbocycles. The lowest BCUT2D eigenvalue weighted by atomic mass is 9.76. The number of para-hydroxylation sites is 1. The summed E-state index contributed by atoms with van der Waals surface area (Å²) in [6.45, 7) is 4.61. The zero-order chi connectivity index (χ0) is 11.9. The van der Waals surface area contributed by atoms with E-state index in [2.05, 4.69) is 30.4 Å². The Hall–Kier alpha value is -1.35. The highest BCUT2D eigenvalue weighted by Gasteiger charge is 2.47. The number of benzene rings is 1. The van der Waals surface area contributed by atoms with Crippen LogP contribution in [0.2, 0.25) is 0 Å². The summed E-state index contributed by atoms with van der Waals surface area (Å²) in [6, 6.07) is 8.30. The molecule has 1 atom stereocenters. The zero-order valence-electron chi connectivity index (χ0n) is 10.2. The number of rotatable bonds is 1. The predicted octanol–water partition coefficient (Wildman–Crippen LogP) is 1.58. The largest absolute Gasteiger partial charge is 0.316 e. The number of hydrogen-bond donors (Lipinski definition) is 1. The predicted molar refractivity (Wildman–Crippen MR) is 68.1 cm³/mol. The average Bonchev–Trinajstić information content (AvgIpc) is 2.81. The minimum absolute atomic E-state index is 0.176. The third-order valence-corrected chi connectivity index (χ3v) is 4.07. The van der Waals surface area contributed by atoms with Gasteiger partial charge in [-0.05, 0) is 37.9 Å². The first-order valence-corrected chi connectivity index (χ1v) is 6.37. The van der Waals surface area contributed by atoms with Crippen LogP contribution < -0.4 is 10.2 Å². The quantitative estimate of drug-likeness (QED) is 0.794. The van der Waals surface area contributed by atoms with E-state index >= 15 is 0 Å². The first-order valence-electron chi connectivity index (χ1n) is 6.37. The summed E-state index contributed by atoms with van der Waals surface area (Å²) in [7, 11) is 0. The summed E-state index contributed by atoms with van der Waals surface area (Å²) in [5, 5.41) is 3.34. The molecule has 3 rings (SSSR count). The van der Waals surface area contributed by atoms with Gasteiger partial charge in [-0.2, -0.15) is 0 Å². The number of nitrogens with zero attached hydrogens (tertiary/aromatic N) is 1. The van der Waals surface area contributed by atoms with Crippen LogP contribution in [-0.2, 0) is 11.2 Å². The number of anilines is 1. The maximum atomic E-state index is 12.6. The average molecular weight is 230 g/mol. The minimum Gasteiger partial charge on any atom is -0.316 e. The number of hydrogen-bond acceptors (Lipinski definition) is 2. The fourth-order valence-electron chi connectivity index (χ4n) is 3.15. The molecule has 0 radical (unpaired) electrons. The third-order valence-electron chi connectivity index (χ3n) is 4.07. The number of nitrogens with one attached hydrogen (secondary N) is 1. The van der Waals surface area contributed by atoms with Gasteiger partial charge in [-0.15, -0.1) is 0 Å². The normalized spacial score (nSPS) is 27.6. The molecule has 17 heavy (non-hydrogen) atoms. The van der Waals surface area contributed by atoms with Crippen LogP contribution in [0, 0.1) is 5.41 Å². The topological polar surface area (TPSA) is 32.3 Å². The lowest BCUT2D eigenvalue weighted by molar-refractivity contribution is -0.127. The molecule has 1 aromatic rings. The lowest BCUT2D eigenvalue weighted by Gasteiger charge is -2.39. The molecular formula is C14H18N2O. The molecule has 2 heterocycles. The van der Waals surface area contributed by atoms with Crippen molar-refractivity contribution in [2.75, 3.05) is 24.5 Å². The van der Waals surface area contributed by atoms with E-state index in [0.29, 0.717) is 5.91 Å². The summed E-state index contributed by atoms with van der Waals surface area (Å²) in [5.74, 6) is 0.309. The van der Waals surface area contributed by atoms with Gasteiger partial charge in [-0.1, -0.05) is 18.2 Å². The van der Waals surface area contributed by atoms with E-state index < -0.39 is 0 Å². The third kappa shape index (κ3) is 1.49. The zero-order valence-corrected chi connectivity index (χ0v) is 10.2. The SMILES string of the molecule is CCN1C(=O)C2(CCNC2)Cc2ccccc21. The van der Waals surface area contributed by atoms with Crippen molar-refractivity contribution in [3.8, 4) is 0 Å². The Morgan fingerprint density at radius 2 is 2.24 bits per heavy atom. The Morgan fingerprint density at radius 3 is 2.94 bits per heavy atom. The van der Waals surface area contributed by atoms with Crippen LogP contribution in [0.4, 0.5) is 5.69 Å². The van der Waals surface area contributed by atoms with Crippen LogP contribution in [0.3, 0.4) is 0 Å². The van der Waals surface area contributed by atoms with Gasteiger partial charge in [0.15, 0.2) is 0 Å². The molecule has 2 aliphatic heterocycles. The van der Waals surface area contributed by atoms with Gasteiger partial charge in [0.05, 0.1) is 5.41 Å². The molecule has 1 saturated heterocycles. The highest BCUT2D eigenvalue weighted by Crippen LogP contribution is 2.40. The van der Waals surface area contributed by atoms with Crippen molar-refractivity contribution < 1.29 is 4.79 Å². The van der Waals surface area contributed by atoms with Crippen LogP contribution in [0.25, 0.3) is 0 Å². The first kappa shape index (κ1) is 10.8. The second-order valence-electron chi connectivity index (χ2n) is 5.06. The molecule has 1 spiro atoms. The van der Waals surface area contributed by atoms with E-state index in [9.17, 15) is 4.79 Å². The molecule has 3 nitrogen and oxygen atoms in total. The Morgan fingerprint density at radius 1 is 1.41 bits per heavy atom. The molecule has 1 aromatic carbocycles. The number of carbonyl (C=O) groups excluding carboxylic acids is 1. The van der Waals surface area contributed by atoms with Gasteiger partial charge in [0.25, 0.3) is 0 Å². The smallest absolute Gasteiger partial charge is 0.234 e. The minimum atomic E-state index is -0.176. The molecule has 0 aromatic heterocycles. The molecule has 90 valence electrons. The summed E-state index contributed by atoms with van der Waals surface area (Å²) < 4.78 is 0. The monoisotopic (exact) mass is 230 g/mol. The Bertz CT molecular complexity index is 449. The Labute approximate surface area is 102 Å². The van der Waals surface area contributed by atoms with Crippen LogP contribution in [-0.4, -0.2) is 25.5 Å². The van der Waals surface area contributed by atoms with E-state index in [1.165, 1.54) is 5.56 Å². The van der Waals surface area contributed by atoms with Crippen LogP contribution >= 0.6 is 0 Å². The standard InChI is InChI=1S/C14H18N2O/c1-2-16-12-6-4-3-5-11(12)9-14(13(16)17)7-8-15-10-14/h3-6,15H,2,7-10H2,1H3. The van der Waals surface area contributed by atoms with Crippen molar-refractivity contribution in [1.29, 1.82) is 0 Å². The number of fused-ring (bicyclic) bond motifs is 1. The molecule has 1 N–H and O–H groups in total. The van der Waals surface area contributed by atoms with Crippen molar-refractivity contribution in [3.63, 3.8) is 0 Å². The molecule has 1 fully saturated rings. The second-order valence-corrected chi connectivity index (χ2v) is 5.06. The van der Waals surface area contributed by atoms with Gasteiger partial charge in [-0.25, -0.2) is 0 Å². The fourth-order valence-corrected chi connectivity index (χ4v) is 3.15. The number of amides is 1. The van der Waals surface area contributed by atoms with Crippen molar-refractivity contribution in [3.05, 3.63) is 29.8 Å². The van der Waals surface area contributed by atoms with Crippen molar-refractivity contribution >= 4 is 11.6 Å². The van der Waals surface area contributed by atoms with E-state index in [-0.39, 0.29) is 5.41 Å². The Kier molecular flexibility index (Phi) is 2.44.